The summed E-state index contributed by atoms with van der Waals surface area (Å²) >= 11 is 0. The summed E-state index contributed by atoms with van der Waals surface area (Å²) in [5, 5.41) is 2.85. The maximum atomic E-state index is 12.4. The number of rotatable bonds is 1. The molecule has 0 spiro atoms. The Hall–Kier alpha value is -0.940. The summed E-state index contributed by atoms with van der Waals surface area (Å²) in [6, 6.07) is 0.0400. The lowest BCUT2D eigenvalue weighted by atomic mass is 9.93. The van der Waals surface area contributed by atoms with E-state index in [4.69, 9.17) is 0 Å². The molecular formula is C11H17F3N2O. The van der Waals surface area contributed by atoms with E-state index in [0.717, 1.165) is 19.3 Å². The fraction of sp³-hybridized carbons (Fsp3) is 0.909. The van der Waals surface area contributed by atoms with Crippen LogP contribution in [0.15, 0.2) is 0 Å². The molecule has 0 aromatic heterocycles. The van der Waals surface area contributed by atoms with Crippen molar-refractivity contribution in [2.24, 2.45) is 5.92 Å². The lowest BCUT2D eigenvalue weighted by molar-refractivity contribution is -0.183. The molecule has 0 radical (unpaired) electrons. The molecule has 1 saturated heterocycles. The molecule has 1 heterocycles. The van der Waals surface area contributed by atoms with Crippen molar-refractivity contribution >= 4 is 6.03 Å². The fourth-order valence-electron chi connectivity index (χ4n) is 2.23. The van der Waals surface area contributed by atoms with Crippen molar-refractivity contribution in [3.63, 3.8) is 0 Å². The first-order chi connectivity index (χ1) is 7.97. The maximum Gasteiger partial charge on any atom is 0.391 e. The smallest absolute Gasteiger partial charge is 0.335 e. The minimum atomic E-state index is -4.11. The molecule has 1 N–H and O–H groups in total. The van der Waals surface area contributed by atoms with Crippen molar-refractivity contribution in [3.8, 4) is 0 Å². The summed E-state index contributed by atoms with van der Waals surface area (Å²) in [7, 11) is 0. The van der Waals surface area contributed by atoms with E-state index in [-0.39, 0.29) is 38.0 Å². The topological polar surface area (TPSA) is 32.3 Å². The minimum absolute atomic E-state index is 0.0294. The second-order valence-corrected chi connectivity index (χ2v) is 4.88. The van der Waals surface area contributed by atoms with Crippen LogP contribution in [0.3, 0.4) is 0 Å². The van der Waals surface area contributed by atoms with Crippen LogP contribution < -0.4 is 5.32 Å². The van der Waals surface area contributed by atoms with Gasteiger partial charge in [0.1, 0.15) is 0 Å². The third-order valence-electron chi connectivity index (χ3n) is 3.68. The highest BCUT2D eigenvalue weighted by Crippen LogP contribution is 2.34. The van der Waals surface area contributed by atoms with Gasteiger partial charge in [-0.1, -0.05) is 0 Å². The van der Waals surface area contributed by atoms with Crippen LogP contribution in [0.2, 0.25) is 0 Å². The van der Waals surface area contributed by atoms with Crippen LogP contribution in [-0.4, -0.2) is 36.2 Å². The fourth-order valence-corrected chi connectivity index (χ4v) is 2.23. The zero-order chi connectivity index (χ0) is 12.5. The van der Waals surface area contributed by atoms with Crippen LogP contribution >= 0.6 is 0 Å². The van der Waals surface area contributed by atoms with E-state index in [0.29, 0.717) is 0 Å². The lowest BCUT2D eigenvalue weighted by Gasteiger charge is -2.35. The Balaban J connectivity index is 1.76. The number of nitrogens with one attached hydrogen (secondary N) is 1. The molecule has 1 aliphatic carbocycles. The standard InChI is InChI=1S/C11H17F3N2O/c12-11(13,14)8-4-6-16(7-5-8)10(17)15-9-2-1-3-9/h8-9H,1-7H2,(H,15,17). The third-order valence-corrected chi connectivity index (χ3v) is 3.68. The number of amides is 2. The van der Waals surface area contributed by atoms with Crippen LogP contribution in [0.4, 0.5) is 18.0 Å². The molecule has 2 rings (SSSR count). The number of likely N-dealkylation sites (tertiary alicyclic amines) is 1. The van der Waals surface area contributed by atoms with Gasteiger partial charge in [0.15, 0.2) is 0 Å². The first kappa shape index (κ1) is 12.5. The normalized spacial score (nSPS) is 23.4. The van der Waals surface area contributed by atoms with Crippen molar-refractivity contribution in [2.75, 3.05) is 13.1 Å². The number of halogens is 3. The van der Waals surface area contributed by atoms with Gasteiger partial charge in [-0.2, -0.15) is 13.2 Å². The highest BCUT2D eigenvalue weighted by molar-refractivity contribution is 5.74. The first-order valence-corrected chi connectivity index (χ1v) is 6.09. The van der Waals surface area contributed by atoms with E-state index in [9.17, 15) is 18.0 Å². The van der Waals surface area contributed by atoms with Gasteiger partial charge in [-0.15, -0.1) is 0 Å². The van der Waals surface area contributed by atoms with E-state index in [1.165, 1.54) is 4.90 Å². The summed E-state index contributed by atoms with van der Waals surface area (Å²) < 4.78 is 37.3. The van der Waals surface area contributed by atoms with E-state index in [2.05, 4.69) is 5.32 Å². The van der Waals surface area contributed by atoms with Gasteiger partial charge in [-0.25, -0.2) is 4.79 Å². The number of hydrogen-bond donors (Lipinski definition) is 1. The summed E-state index contributed by atoms with van der Waals surface area (Å²) in [4.78, 5) is 13.2. The van der Waals surface area contributed by atoms with Gasteiger partial charge in [-0.05, 0) is 32.1 Å². The molecule has 0 aromatic rings. The Bertz CT molecular complexity index is 281. The summed E-state index contributed by atoms with van der Waals surface area (Å²) in [5.41, 5.74) is 0. The summed E-state index contributed by atoms with van der Waals surface area (Å²) in [5.74, 6) is -1.24. The van der Waals surface area contributed by atoms with Crippen LogP contribution in [0, 0.1) is 5.92 Å². The zero-order valence-corrected chi connectivity index (χ0v) is 9.59. The lowest BCUT2D eigenvalue weighted by Crippen LogP contribution is -2.50. The van der Waals surface area contributed by atoms with Gasteiger partial charge < -0.3 is 10.2 Å². The molecule has 98 valence electrons. The first-order valence-electron chi connectivity index (χ1n) is 6.09. The van der Waals surface area contributed by atoms with Crippen LogP contribution in [0.25, 0.3) is 0 Å². The van der Waals surface area contributed by atoms with E-state index < -0.39 is 12.1 Å². The second kappa shape index (κ2) is 4.74. The van der Waals surface area contributed by atoms with Crippen molar-refractivity contribution in [1.82, 2.24) is 10.2 Å². The number of hydrogen-bond acceptors (Lipinski definition) is 1. The molecule has 0 atom stereocenters. The van der Waals surface area contributed by atoms with Crippen molar-refractivity contribution in [2.45, 2.75) is 44.3 Å². The molecular weight excluding hydrogens is 233 g/mol. The average Bonchev–Trinajstić information content (AvgIpc) is 2.22. The van der Waals surface area contributed by atoms with E-state index in [1.807, 2.05) is 0 Å². The molecule has 17 heavy (non-hydrogen) atoms. The number of nitrogens with zero attached hydrogens (tertiary/aromatic N) is 1. The zero-order valence-electron chi connectivity index (χ0n) is 9.59. The number of urea groups is 1. The van der Waals surface area contributed by atoms with Crippen molar-refractivity contribution in [1.29, 1.82) is 0 Å². The summed E-state index contributed by atoms with van der Waals surface area (Å²) in [6.45, 7) is 0.422. The Morgan fingerprint density at radius 1 is 1.12 bits per heavy atom. The Labute approximate surface area is 98.3 Å². The van der Waals surface area contributed by atoms with Gasteiger partial charge in [0.25, 0.3) is 0 Å². The van der Waals surface area contributed by atoms with Crippen molar-refractivity contribution in [3.05, 3.63) is 0 Å². The molecule has 2 fully saturated rings. The molecule has 3 nitrogen and oxygen atoms in total. The van der Waals surface area contributed by atoms with Crippen molar-refractivity contribution < 1.29 is 18.0 Å². The van der Waals surface area contributed by atoms with Gasteiger partial charge in [0, 0.05) is 19.1 Å². The van der Waals surface area contributed by atoms with E-state index >= 15 is 0 Å². The predicted octanol–water partition coefficient (Wildman–Crippen LogP) is 2.52. The van der Waals surface area contributed by atoms with Gasteiger partial charge in [0.05, 0.1) is 5.92 Å². The van der Waals surface area contributed by atoms with Crippen LogP contribution in [-0.2, 0) is 0 Å². The molecule has 2 aliphatic rings. The minimum Gasteiger partial charge on any atom is -0.335 e. The van der Waals surface area contributed by atoms with Crippen LogP contribution in [0.5, 0.6) is 0 Å². The number of alkyl halides is 3. The largest absolute Gasteiger partial charge is 0.391 e. The number of piperidine rings is 1. The average molecular weight is 250 g/mol. The number of carbonyl (C=O) groups is 1. The summed E-state index contributed by atoms with van der Waals surface area (Å²) in [6.07, 6.45) is -0.948. The molecule has 0 unspecified atom stereocenters. The highest BCUT2D eigenvalue weighted by Gasteiger charge is 2.41. The SMILES string of the molecule is O=C(NC1CCC1)N1CCC(C(F)(F)F)CC1. The maximum absolute atomic E-state index is 12.4. The Kier molecular flexibility index (Phi) is 3.49. The molecule has 0 bridgehead atoms. The second-order valence-electron chi connectivity index (χ2n) is 4.88. The molecule has 6 heteroatoms. The van der Waals surface area contributed by atoms with Crippen LogP contribution in [0.1, 0.15) is 32.1 Å². The van der Waals surface area contributed by atoms with Gasteiger partial charge in [-0.3, -0.25) is 0 Å². The Morgan fingerprint density at radius 3 is 2.12 bits per heavy atom. The highest BCUT2D eigenvalue weighted by atomic mass is 19.4. The molecule has 1 aliphatic heterocycles. The molecule has 2 amide bonds. The third kappa shape index (κ3) is 3.04. The van der Waals surface area contributed by atoms with E-state index in [1.54, 1.807) is 0 Å². The number of carbonyl (C=O) groups excluding carboxylic acids is 1. The van der Waals surface area contributed by atoms with Gasteiger partial charge in [0.2, 0.25) is 0 Å². The monoisotopic (exact) mass is 250 g/mol. The molecule has 1 saturated carbocycles. The Morgan fingerprint density at radius 2 is 1.71 bits per heavy atom. The predicted molar refractivity (Wildman–Crippen MR) is 56.5 cm³/mol. The van der Waals surface area contributed by atoms with Gasteiger partial charge >= 0.3 is 12.2 Å². The quantitative estimate of drug-likeness (QED) is 0.762. The molecule has 0 aromatic carbocycles.